The Labute approximate surface area is 139 Å². The topological polar surface area (TPSA) is 0 Å². The van der Waals surface area contributed by atoms with Gasteiger partial charge < -0.3 is 0 Å². The molecule has 0 atom stereocenters. The molecule has 0 radical (unpaired) electrons. The third-order valence-electron chi connectivity index (χ3n) is 4.23. The maximum absolute atomic E-state index is 14.4. The van der Waals surface area contributed by atoms with Crippen molar-refractivity contribution in [1.82, 2.24) is 0 Å². The first-order chi connectivity index (χ1) is 12.0. The second-order valence-corrected chi connectivity index (χ2v) is 5.64. The molecule has 0 aromatic heterocycles. The normalized spacial score (nSPS) is 11.4. The van der Waals surface area contributed by atoms with Crippen LogP contribution in [-0.4, -0.2) is 0 Å². The molecule has 25 heavy (non-hydrogen) atoms. The van der Waals surface area contributed by atoms with E-state index >= 15 is 0 Å². The number of fused-ring (bicyclic) bond motifs is 2. The van der Waals surface area contributed by atoms with Crippen molar-refractivity contribution in [2.75, 3.05) is 0 Å². The van der Waals surface area contributed by atoms with Gasteiger partial charge in [0.2, 0.25) is 5.82 Å². The standard InChI is InChI=1S/C20H9F5/c21-16-15(17(22)19(24)20(25)18(16)23)14-12-7-3-1-5-10(12)9-11-6-2-4-8-13(11)14/h1-9H. The number of rotatable bonds is 1. The molecule has 4 aromatic carbocycles. The molecule has 0 aliphatic carbocycles. The zero-order chi connectivity index (χ0) is 17.7. The van der Waals surface area contributed by atoms with Crippen molar-refractivity contribution in [3.63, 3.8) is 0 Å². The molecule has 0 unspecified atom stereocenters. The monoisotopic (exact) mass is 344 g/mol. The highest BCUT2D eigenvalue weighted by molar-refractivity contribution is 6.12. The van der Waals surface area contributed by atoms with Crippen LogP contribution in [0.5, 0.6) is 0 Å². The maximum atomic E-state index is 14.4. The summed E-state index contributed by atoms with van der Waals surface area (Å²) in [5.74, 6) is -9.74. The van der Waals surface area contributed by atoms with E-state index in [2.05, 4.69) is 0 Å². The van der Waals surface area contributed by atoms with Crippen molar-refractivity contribution in [3.05, 3.63) is 83.7 Å². The van der Waals surface area contributed by atoms with E-state index < -0.39 is 34.6 Å². The van der Waals surface area contributed by atoms with Crippen LogP contribution >= 0.6 is 0 Å². The van der Waals surface area contributed by atoms with Gasteiger partial charge in [-0.2, -0.15) is 0 Å². The summed E-state index contributed by atoms with van der Waals surface area (Å²) >= 11 is 0. The highest BCUT2D eigenvalue weighted by Crippen LogP contribution is 2.40. The van der Waals surface area contributed by atoms with E-state index in [0.29, 0.717) is 21.5 Å². The predicted octanol–water partition coefficient (Wildman–Crippen LogP) is 6.36. The van der Waals surface area contributed by atoms with Crippen molar-refractivity contribution in [1.29, 1.82) is 0 Å². The quantitative estimate of drug-likeness (QED) is 0.163. The Hall–Kier alpha value is -2.95. The Morgan fingerprint density at radius 1 is 0.440 bits per heavy atom. The third-order valence-corrected chi connectivity index (χ3v) is 4.23. The van der Waals surface area contributed by atoms with Gasteiger partial charge in [-0.15, -0.1) is 0 Å². The lowest BCUT2D eigenvalue weighted by Gasteiger charge is -2.14. The van der Waals surface area contributed by atoms with Gasteiger partial charge in [0.05, 0.1) is 5.56 Å². The first-order valence-corrected chi connectivity index (χ1v) is 7.43. The van der Waals surface area contributed by atoms with E-state index in [1.54, 1.807) is 54.6 Å². The van der Waals surface area contributed by atoms with Crippen molar-refractivity contribution in [2.45, 2.75) is 0 Å². The molecule has 0 heterocycles. The minimum absolute atomic E-state index is 0.0125. The van der Waals surface area contributed by atoms with Crippen molar-refractivity contribution < 1.29 is 22.0 Å². The summed E-state index contributed by atoms with van der Waals surface area (Å²) in [6, 6.07) is 15.2. The van der Waals surface area contributed by atoms with E-state index in [0.717, 1.165) is 0 Å². The SMILES string of the molecule is Fc1c(F)c(F)c(-c2c3ccccc3cc3ccccc23)c(F)c1F. The summed E-state index contributed by atoms with van der Waals surface area (Å²) in [7, 11) is 0. The highest BCUT2D eigenvalue weighted by Gasteiger charge is 2.28. The molecule has 0 aliphatic rings. The third kappa shape index (κ3) is 2.19. The van der Waals surface area contributed by atoms with Crippen LogP contribution in [0.4, 0.5) is 22.0 Å². The van der Waals surface area contributed by atoms with Gasteiger partial charge in [-0.3, -0.25) is 0 Å². The Morgan fingerprint density at radius 3 is 1.32 bits per heavy atom. The first kappa shape index (κ1) is 15.6. The molecule has 0 nitrogen and oxygen atoms in total. The van der Waals surface area contributed by atoms with E-state index in [1.807, 2.05) is 0 Å². The molecule has 5 heteroatoms. The van der Waals surface area contributed by atoms with Gasteiger partial charge in [0, 0.05) is 5.56 Å². The molecule has 0 spiro atoms. The average Bonchev–Trinajstić information content (AvgIpc) is 2.64. The largest absolute Gasteiger partial charge is 0.203 e. The van der Waals surface area contributed by atoms with Gasteiger partial charge in [-0.25, -0.2) is 22.0 Å². The van der Waals surface area contributed by atoms with Crippen LogP contribution in [0.3, 0.4) is 0 Å². The fourth-order valence-corrected chi connectivity index (χ4v) is 3.11. The van der Waals surface area contributed by atoms with E-state index in [1.165, 1.54) is 0 Å². The van der Waals surface area contributed by atoms with Crippen LogP contribution in [0.25, 0.3) is 32.7 Å². The van der Waals surface area contributed by atoms with E-state index in [-0.39, 0.29) is 5.56 Å². The van der Waals surface area contributed by atoms with Crippen LogP contribution in [-0.2, 0) is 0 Å². The van der Waals surface area contributed by atoms with Crippen molar-refractivity contribution in [2.24, 2.45) is 0 Å². The van der Waals surface area contributed by atoms with Gasteiger partial charge in [0.25, 0.3) is 0 Å². The summed E-state index contributed by atoms with van der Waals surface area (Å²) in [6.07, 6.45) is 0. The molecule has 0 N–H and O–H groups in total. The molecule has 0 saturated heterocycles. The lowest BCUT2D eigenvalue weighted by molar-refractivity contribution is 0.381. The zero-order valence-electron chi connectivity index (χ0n) is 12.6. The molecule has 0 bridgehead atoms. The van der Waals surface area contributed by atoms with Gasteiger partial charge in [-0.05, 0) is 27.6 Å². The fraction of sp³-hybridized carbons (Fsp3) is 0. The Kier molecular flexibility index (Phi) is 3.46. The second kappa shape index (κ2) is 5.55. The first-order valence-electron chi connectivity index (χ1n) is 7.43. The van der Waals surface area contributed by atoms with E-state index in [9.17, 15) is 22.0 Å². The Balaban J connectivity index is 2.28. The molecule has 124 valence electrons. The fourth-order valence-electron chi connectivity index (χ4n) is 3.11. The summed E-state index contributed by atoms with van der Waals surface area (Å²) in [6.45, 7) is 0. The van der Waals surface area contributed by atoms with Gasteiger partial charge in [0.15, 0.2) is 23.3 Å². The summed E-state index contributed by atoms with van der Waals surface area (Å²) in [5.41, 5.74) is -0.925. The van der Waals surface area contributed by atoms with Crippen LogP contribution < -0.4 is 0 Å². The summed E-state index contributed by atoms with van der Waals surface area (Å²) < 4.78 is 69.7. The van der Waals surface area contributed by atoms with Crippen LogP contribution in [0.1, 0.15) is 0 Å². The molecule has 4 rings (SSSR count). The minimum atomic E-state index is -2.16. The highest BCUT2D eigenvalue weighted by atomic mass is 19.2. The average molecular weight is 344 g/mol. The Morgan fingerprint density at radius 2 is 0.840 bits per heavy atom. The maximum Gasteiger partial charge on any atom is 0.200 e. The zero-order valence-corrected chi connectivity index (χ0v) is 12.6. The van der Waals surface area contributed by atoms with Crippen LogP contribution in [0, 0.1) is 29.1 Å². The number of hydrogen-bond donors (Lipinski definition) is 0. The second-order valence-electron chi connectivity index (χ2n) is 5.64. The van der Waals surface area contributed by atoms with Gasteiger partial charge in [0.1, 0.15) is 0 Å². The Bertz CT molecular complexity index is 1060. The van der Waals surface area contributed by atoms with Crippen molar-refractivity contribution in [3.8, 4) is 11.1 Å². The summed E-state index contributed by atoms with van der Waals surface area (Å²) in [5, 5.41) is 2.09. The molecular weight excluding hydrogens is 335 g/mol. The van der Waals surface area contributed by atoms with Crippen molar-refractivity contribution >= 4 is 21.5 Å². The van der Waals surface area contributed by atoms with Crippen LogP contribution in [0.15, 0.2) is 54.6 Å². The number of benzene rings is 4. The lowest BCUT2D eigenvalue weighted by atomic mass is 9.91. The molecule has 0 fully saturated rings. The minimum Gasteiger partial charge on any atom is -0.203 e. The molecule has 0 saturated carbocycles. The molecule has 0 aliphatic heterocycles. The smallest absolute Gasteiger partial charge is 0.200 e. The molecule has 0 amide bonds. The van der Waals surface area contributed by atoms with Gasteiger partial charge in [-0.1, -0.05) is 48.5 Å². The number of hydrogen-bond acceptors (Lipinski definition) is 0. The molecule has 4 aromatic rings. The number of halogens is 5. The predicted molar refractivity (Wildman–Crippen MR) is 86.7 cm³/mol. The van der Waals surface area contributed by atoms with Gasteiger partial charge >= 0.3 is 0 Å². The molecular formula is C20H9F5. The lowest BCUT2D eigenvalue weighted by Crippen LogP contribution is -2.04. The summed E-state index contributed by atoms with van der Waals surface area (Å²) in [4.78, 5) is 0. The van der Waals surface area contributed by atoms with Crippen LogP contribution in [0.2, 0.25) is 0 Å². The van der Waals surface area contributed by atoms with E-state index in [4.69, 9.17) is 0 Å².